The van der Waals surface area contributed by atoms with Crippen LogP contribution in [0.25, 0.3) is 5.65 Å². The number of hydrogen-bond acceptors (Lipinski definition) is 3. The van der Waals surface area contributed by atoms with Gasteiger partial charge in [0, 0.05) is 5.56 Å². The van der Waals surface area contributed by atoms with Crippen molar-refractivity contribution in [2.75, 3.05) is 5.73 Å². The highest BCUT2D eigenvalue weighted by molar-refractivity contribution is 5.54. The van der Waals surface area contributed by atoms with E-state index in [4.69, 9.17) is 5.73 Å². The number of rotatable bonds is 0. The van der Waals surface area contributed by atoms with Crippen LogP contribution in [0.4, 0.5) is 5.69 Å². The van der Waals surface area contributed by atoms with Crippen molar-refractivity contribution in [3.05, 3.63) is 23.7 Å². The lowest BCUT2D eigenvalue weighted by Gasteiger charge is -1.95. The monoisotopic (exact) mass is 174 g/mol. The molecule has 4 nitrogen and oxygen atoms in total. The zero-order chi connectivity index (χ0) is 8.84. The molecule has 0 spiro atoms. The van der Waals surface area contributed by atoms with Crippen molar-refractivity contribution < 1.29 is 0 Å². The predicted molar refractivity (Wildman–Crippen MR) is 49.4 cm³/mol. The van der Waals surface area contributed by atoms with Crippen LogP contribution < -0.4 is 5.73 Å². The molecule has 66 valence electrons. The van der Waals surface area contributed by atoms with E-state index in [1.807, 2.05) is 6.20 Å². The van der Waals surface area contributed by atoms with Crippen LogP contribution in [-0.4, -0.2) is 14.6 Å². The Morgan fingerprint density at radius 2 is 2.31 bits per heavy atom. The van der Waals surface area contributed by atoms with E-state index in [0.717, 1.165) is 18.5 Å². The van der Waals surface area contributed by atoms with E-state index in [-0.39, 0.29) is 0 Å². The average Bonchev–Trinajstić information content (AvgIpc) is 2.62. The first-order valence-corrected chi connectivity index (χ1v) is 4.46. The summed E-state index contributed by atoms with van der Waals surface area (Å²) in [5.41, 5.74) is 9.75. The minimum atomic E-state index is 0.661. The van der Waals surface area contributed by atoms with Gasteiger partial charge in [-0.3, -0.25) is 0 Å². The fourth-order valence-corrected chi connectivity index (χ4v) is 1.93. The molecule has 1 aliphatic rings. The SMILES string of the molecule is Nc1cnc2c3c(nn2c1)CCC3. The summed E-state index contributed by atoms with van der Waals surface area (Å²) in [6.07, 6.45) is 6.91. The highest BCUT2D eigenvalue weighted by atomic mass is 15.3. The zero-order valence-corrected chi connectivity index (χ0v) is 7.20. The van der Waals surface area contributed by atoms with Gasteiger partial charge in [0.25, 0.3) is 0 Å². The summed E-state index contributed by atoms with van der Waals surface area (Å²) < 4.78 is 1.79. The van der Waals surface area contributed by atoms with Gasteiger partial charge in [0.1, 0.15) is 0 Å². The maximum Gasteiger partial charge on any atom is 0.158 e. The number of aryl methyl sites for hydroxylation is 2. The molecule has 0 radical (unpaired) electrons. The van der Waals surface area contributed by atoms with E-state index in [1.165, 1.54) is 17.7 Å². The molecule has 0 aliphatic heterocycles. The van der Waals surface area contributed by atoms with Crippen LogP contribution in [-0.2, 0) is 12.8 Å². The largest absolute Gasteiger partial charge is 0.396 e. The van der Waals surface area contributed by atoms with Crippen molar-refractivity contribution in [1.82, 2.24) is 14.6 Å². The van der Waals surface area contributed by atoms with Crippen LogP contribution in [0.15, 0.2) is 12.4 Å². The van der Waals surface area contributed by atoms with Crippen LogP contribution in [0, 0.1) is 0 Å². The minimum Gasteiger partial charge on any atom is -0.396 e. The highest BCUT2D eigenvalue weighted by Crippen LogP contribution is 2.24. The summed E-state index contributed by atoms with van der Waals surface area (Å²) in [7, 11) is 0. The Balaban J connectivity index is 2.38. The Labute approximate surface area is 75.4 Å². The van der Waals surface area contributed by atoms with Crippen LogP contribution in [0.2, 0.25) is 0 Å². The standard InChI is InChI=1S/C9H10N4/c10-6-4-11-9-7-2-1-3-8(7)12-13(9)5-6/h4-5H,1-3,10H2. The smallest absolute Gasteiger partial charge is 0.158 e. The van der Waals surface area contributed by atoms with Gasteiger partial charge in [0.15, 0.2) is 5.65 Å². The Hall–Kier alpha value is -1.58. The quantitative estimate of drug-likeness (QED) is 0.642. The molecule has 2 heterocycles. The number of nitrogen functional groups attached to an aromatic ring is 1. The molecule has 4 heteroatoms. The first kappa shape index (κ1) is 6.88. The second-order valence-corrected chi connectivity index (χ2v) is 3.43. The number of fused-ring (bicyclic) bond motifs is 3. The summed E-state index contributed by atoms with van der Waals surface area (Å²) in [5, 5.41) is 4.43. The van der Waals surface area contributed by atoms with Gasteiger partial charge >= 0.3 is 0 Å². The van der Waals surface area contributed by atoms with Crippen LogP contribution in [0.3, 0.4) is 0 Å². The molecule has 0 fully saturated rings. The van der Waals surface area contributed by atoms with Crippen molar-refractivity contribution in [3.63, 3.8) is 0 Å². The summed E-state index contributed by atoms with van der Waals surface area (Å²) >= 11 is 0. The Morgan fingerprint density at radius 3 is 3.23 bits per heavy atom. The van der Waals surface area contributed by atoms with E-state index in [0.29, 0.717) is 5.69 Å². The number of aromatic nitrogens is 3. The van der Waals surface area contributed by atoms with Crippen molar-refractivity contribution in [3.8, 4) is 0 Å². The maximum atomic E-state index is 5.62. The Bertz CT molecular complexity index is 472. The molecule has 0 atom stereocenters. The van der Waals surface area contributed by atoms with Crippen LogP contribution in [0.1, 0.15) is 17.7 Å². The molecule has 0 saturated carbocycles. The Morgan fingerprint density at radius 1 is 1.38 bits per heavy atom. The number of nitrogens with zero attached hydrogens (tertiary/aromatic N) is 3. The molecule has 0 aromatic carbocycles. The molecule has 1 aliphatic carbocycles. The molecule has 2 aromatic rings. The molecular formula is C9H10N4. The second-order valence-electron chi connectivity index (χ2n) is 3.43. The first-order chi connectivity index (χ1) is 6.34. The molecule has 0 bridgehead atoms. The fourth-order valence-electron chi connectivity index (χ4n) is 1.93. The van der Waals surface area contributed by atoms with Gasteiger partial charge in [-0.25, -0.2) is 9.50 Å². The van der Waals surface area contributed by atoms with E-state index in [1.54, 1.807) is 10.7 Å². The second kappa shape index (κ2) is 2.22. The summed E-state index contributed by atoms with van der Waals surface area (Å²) in [6, 6.07) is 0. The number of nitrogens with two attached hydrogens (primary N) is 1. The number of hydrogen-bond donors (Lipinski definition) is 1. The predicted octanol–water partition coefficient (Wildman–Crippen LogP) is 0.800. The molecule has 0 saturated heterocycles. The minimum absolute atomic E-state index is 0.661. The number of anilines is 1. The van der Waals surface area contributed by atoms with Crippen molar-refractivity contribution >= 4 is 11.3 Å². The molecule has 13 heavy (non-hydrogen) atoms. The third-order valence-corrected chi connectivity index (χ3v) is 2.51. The van der Waals surface area contributed by atoms with Gasteiger partial charge in [-0.2, -0.15) is 5.10 Å². The molecule has 0 amide bonds. The topological polar surface area (TPSA) is 56.2 Å². The van der Waals surface area contributed by atoms with Gasteiger partial charge in [-0.1, -0.05) is 0 Å². The lowest BCUT2D eigenvalue weighted by atomic mass is 10.3. The maximum absolute atomic E-state index is 5.62. The van der Waals surface area contributed by atoms with Crippen LogP contribution >= 0.6 is 0 Å². The van der Waals surface area contributed by atoms with Gasteiger partial charge in [0.05, 0.1) is 23.8 Å². The van der Waals surface area contributed by atoms with Crippen molar-refractivity contribution in [1.29, 1.82) is 0 Å². The zero-order valence-electron chi connectivity index (χ0n) is 7.20. The lowest BCUT2D eigenvalue weighted by molar-refractivity contribution is 0.833. The van der Waals surface area contributed by atoms with Crippen LogP contribution in [0.5, 0.6) is 0 Å². The molecule has 0 unspecified atom stereocenters. The van der Waals surface area contributed by atoms with Crippen molar-refractivity contribution in [2.24, 2.45) is 0 Å². The first-order valence-electron chi connectivity index (χ1n) is 4.46. The van der Waals surface area contributed by atoms with E-state index in [9.17, 15) is 0 Å². The molecule has 2 aromatic heterocycles. The van der Waals surface area contributed by atoms with E-state index < -0.39 is 0 Å². The lowest BCUT2D eigenvalue weighted by Crippen LogP contribution is -1.95. The normalized spacial score (nSPS) is 15.1. The summed E-state index contributed by atoms with van der Waals surface area (Å²) in [6.45, 7) is 0. The summed E-state index contributed by atoms with van der Waals surface area (Å²) in [4.78, 5) is 4.29. The Kier molecular flexibility index (Phi) is 1.17. The molecule has 3 rings (SSSR count). The molecular weight excluding hydrogens is 164 g/mol. The third-order valence-electron chi connectivity index (χ3n) is 2.51. The summed E-state index contributed by atoms with van der Waals surface area (Å²) in [5.74, 6) is 0. The van der Waals surface area contributed by atoms with Gasteiger partial charge in [-0.15, -0.1) is 0 Å². The van der Waals surface area contributed by atoms with E-state index in [2.05, 4.69) is 10.1 Å². The van der Waals surface area contributed by atoms with Crippen molar-refractivity contribution in [2.45, 2.75) is 19.3 Å². The van der Waals surface area contributed by atoms with Gasteiger partial charge in [-0.05, 0) is 19.3 Å². The van der Waals surface area contributed by atoms with Gasteiger partial charge in [0.2, 0.25) is 0 Å². The third kappa shape index (κ3) is 0.854. The fraction of sp³-hybridized carbons (Fsp3) is 0.333. The van der Waals surface area contributed by atoms with Gasteiger partial charge < -0.3 is 5.73 Å². The average molecular weight is 174 g/mol. The molecule has 2 N–H and O–H groups in total. The highest BCUT2D eigenvalue weighted by Gasteiger charge is 2.18. The van der Waals surface area contributed by atoms with E-state index >= 15 is 0 Å².